The van der Waals surface area contributed by atoms with Gasteiger partial charge in [-0.05, 0) is 36.7 Å². The number of benzene rings is 1. The Labute approximate surface area is 163 Å². The Balaban J connectivity index is 1.41. The predicted molar refractivity (Wildman–Crippen MR) is 99.6 cm³/mol. The van der Waals surface area contributed by atoms with Crippen LogP contribution in [-0.2, 0) is 4.74 Å². The van der Waals surface area contributed by atoms with E-state index in [2.05, 4.69) is 9.36 Å². The summed E-state index contributed by atoms with van der Waals surface area (Å²) in [5, 5.41) is 0.877. The van der Waals surface area contributed by atoms with Gasteiger partial charge in [0.05, 0.1) is 24.4 Å². The number of carbonyl (C=O) groups excluding carboxylic acids is 1. The molecule has 0 saturated carbocycles. The van der Waals surface area contributed by atoms with Crippen LogP contribution in [0.2, 0.25) is 0 Å². The Morgan fingerprint density at radius 1 is 1.36 bits per heavy atom. The molecule has 0 N–H and O–H groups in total. The zero-order chi connectivity index (χ0) is 19.7. The van der Waals surface area contributed by atoms with Gasteiger partial charge in [0.25, 0.3) is 5.91 Å². The molecular weight excluding hydrogens is 388 g/mol. The molecule has 0 radical (unpaired) electrons. The third-order valence-electron chi connectivity index (χ3n) is 4.51. The molecule has 3 heterocycles. The topological polar surface area (TPSA) is 64.6 Å². The lowest BCUT2D eigenvalue weighted by atomic mass is 10.1. The van der Waals surface area contributed by atoms with Crippen LogP contribution in [0.25, 0.3) is 10.2 Å². The SMILES string of the molecule is Cc1nsc2ncc(C(=O)N3CCOC(COc4ccc(F)c(F)c4)C3)cc12. The van der Waals surface area contributed by atoms with Crippen LogP contribution in [0.15, 0.2) is 30.5 Å². The van der Waals surface area contributed by atoms with Gasteiger partial charge in [-0.25, -0.2) is 13.8 Å². The minimum Gasteiger partial charge on any atom is -0.491 e. The summed E-state index contributed by atoms with van der Waals surface area (Å²) in [5.74, 6) is -1.83. The van der Waals surface area contributed by atoms with Gasteiger partial charge in [0.1, 0.15) is 23.3 Å². The molecule has 28 heavy (non-hydrogen) atoms. The van der Waals surface area contributed by atoms with E-state index in [1.54, 1.807) is 11.1 Å². The molecule has 1 atom stereocenters. The molecule has 1 aliphatic heterocycles. The number of aromatic nitrogens is 2. The van der Waals surface area contributed by atoms with Crippen LogP contribution in [0.5, 0.6) is 5.75 Å². The van der Waals surface area contributed by atoms with Crippen molar-refractivity contribution in [3.05, 3.63) is 53.4 Å². The summed E-state index contributed by atoms with van der Waals surface area (Å²) in [6, 6.07) is 5.15. The van der Waals surface area contributed by atoms with Gasteiger partial charge in [-0.3, -0.25) is 4.79 Å². The van der Waals surface area contributed by atoms with Crippen molar-refractivity contribution in [3.8, 4) is 5.75 Å². The maximum atomic E-state index is 13.3. The Bertz CT molecular complexity index is 1030. The third kappa shape index (κ3) is 3.81. The second kappa shape index (κ2) is 7.76. The van der Waals surface area contributed by atoms with E-state index in [0.29, 0.717) is 25.3 Å². The molecule has 1 amide bonds. The van der Waals surface area contributed by atoms with Crippen molar-refractivity contribution in [2.45, 2.75) is 13.0 Å². The molecule has 2 aromatic heterocycles. The smallest absolute Gasteiger partial charge is 0.255 e. The second-order valence-corrected chi connectivity index (χ2v) is 7.23. The summed E-state index contributed by atoms with van der Waals surface area (Å²) in [7, 11) is 0. The number of morpholine rings is 1. The van der Waals surface area contributed by atoms with Gasteiger partial charge in [-0.2, -0.15) is 4.37 Å². The number of fused-ring (bicyclic) bond motifs is 1. The molecular formula is C19H17F2N3O3S. The van der Waals surface area contributed by atoms with Crippen LogP contribution in [0, 0.1) is 18.6 Å². The molecule has 1 unspecified atom stereocenters. The fourth-order valence-electron chi connectivity index (χ4n) is 3.01. The number of rotatable bonds is 4. The Kier molecular flexibility index (Phi) is 5.19. The first-order chi connectivity index (χ1) is 13.5. The fraction of sp³-hybridized carbons (Fsp3) is 0.316. The molecule has 1 aromatic carbocycles. The highest BCUT2D eigenvalue weighted by Crippen LogP contribution is 2.22. The maximum Gasteiger partial charge on any atom is 0.255 e. The minimum absolute atomic E-state index is 0.125. The summed E-state index contributed by atoms with van der Waals surface area (Å²) in [6.07, 6.45) is 1.19. The largest absolute Gasteiger partial charge is 0.491 e. The van der Waals surface area contributed by atoms with E-state index in [4.69, 9.17) is 9.47 Å². The zero-order valence-corrected chi connectivity index (χ0v) is 15.8. The normalized spacial score (nSPS) is 17.1. The van der Waals surface area contributed by atoms with Crippen LogP contribution in [0.3, 0.4) is 0 Å². The third-order valence-corrected chi connectivity index (χ3v) is 5.37. The monoisotopic (exact) mass is 405 g/mol. The molecule has 0 spiro atoms. The number of halogens is 2. The minimum atomic E-state index is -0.972. The van der Waals surface area contributed by atoms with Crippen molar-refractivity contribution >= 4 is 27.7 Å². The molecule has 6 nitrogen and oxygen atoms in total. The van der Waals surface area contributed by atoms with Crippen molar-refractivity contribution in [1.29, 1.82) is 0 Å². The van der Waals surface area contributed by atoms with Crippen LogP contribution < -0.4 is 4.74 Å². The summed E-state index contributed by atoms with van der Waals surface area (Å²) >= 11 is 1.30. The number of nitrogens with zero attached hydrogens (tertiary/aromatic N) is 3. The van der Waals surface area contributed by atoms with Gasteiger partial charge in [0.15, 0.2) is 11.6 Å². The van der Waals surface area contributed by atoms with Crippen molar-refractivity contribution in [1.82, 2.24) is 14.3 Å². The average Bonchev–Trinajstić information content (AvgIpc) is 3.09. The van der Waals surface area contributed by atoms with Crippen molar-refractivity contribution in [3.63, 3.8) is 0 Å². The number of carbonyl (C=O) groups is 1. The maximum absolute atomic E-state index is 13.3. The second-order valence-electron chi connectivity index (χ2n) is 6.48. The van der Waals surface area contributed by atoms with Gasteiger partial charge in [0.2, 0.25) is 0 Å². The number of hydrogen-bond acceptors (Lipinski definition) is 6. The van der Waals surface area contributed by atoms with E-state index >= 15 is 0 Å². The molecule has 0 bridgehead atoms. The lowest BCUT2D eigenvalue weighted by Crippen LogP contribution is -2.47. The van der Waals surface area contributed by atoms with E-state index in [1.165, 1.54) is 17.6 Å². The standard InChI is InChI=1S/C19H17F2N3O3S/c1-11-15-6-12(8-22-18(15)28-23-11)19(25)24-4-5-26-14(9-24)10-27-13-2-3-16(20)17(21)7-13/h2-3,6-8,14H,4-5,9-10H2,1H3. The molecule has 4 rings (SSSR count). The highest BCUT2D eigenvalue weighted by molar-refractivity contribution is 7.12. The van der Waals surface area contributed by atoms with Crippen molar-refractivity contribution < 1.29 is 23.0 Å². The van der Waals surface area contributed by atoms with E-state index < -0.39 is 11.6 Å². The Morgan fingerprint density at radius 3 is 3.04 bits per heavy atom. The molecule has 146 valence electrons. The molecule has 3 aromatic rings. The molecule has 1 fully saturated rings. The van der Waals surface area contributed by atoms with Crippen LogP contribution >= 0.6 is 11.5 Å². The highest BCUT2D eigenvalue weighted by atomic mass is 32.1. The lowest BCUT2D eigenvalue weighted by Gasteiger charge is -2.32. The molecule has 1 saturated heterocycles. The first kappa shape index (κ1) is 18.7. The highest BCUT2D eigenvalue weighted by Gasteiger charge is 2.26. The zero-order valence-electron chi connectivity index (χ0n) is 15.0. The number of pyridine rings is 1. The average molecular weight is 405 g/mol. The van der Waals surface area contributed by atoms with Crippen molar-refractivity contribution in [2.24, 2.45) is 0 Å². The predicted octanol–water partition coefficient (Wildman–Crippen LogP) is 3.20. The first-order valence-electron chi connectivity index (χ1n) is 8.72. The quantitative estimate of drug-likeness (QED) is 0.667. The fourth-order valence-corrected chi connectivity index (χ4v) is 3.73. The van der Waals surface area contributed by atoms with Crippen LogP contribution in [0.1, 0.15) is 16.1 Å². The van der Waals surface area contributed by atoms with Gasteiger partial charge in [-0.15, -0.1) is 0 Å². The Morgan fingerprint density at radius 2 is 2.21 bits per heavy atom. The van der Waals surface area contributed by atoms with Gasteiger partial charge < -0.3 is 14.4 Å². The van der Waals surface area contributed by atoms with Gasteiger partial charge in [0, 0.05) is 24.2 Å². The lowest BCUT2D eigenvalue weighted by molar-refractivity contribution is -0.0401. The molecule has 0 aliphatic carbocycles. The number of ether oxygens (including phenoxy) is 2. The van der Waals surface area contributed by atoms with E-state index in [1.807, 2.05) is 13.0 Å². The summed E-state index contributed by atoms with van der Waals surface area (Å²) < 4.78 is 41.6. The summed E-state index contributed by atoms with van der Waals surface area (Å²) in [4.78, 5) is 19.7. The molecule has 1 aliphatic rings. The number of hydrogen-bond donors (Lipinski definition) is 0. The van der Waals surface area contributed by atoms with Gasteiger partial charge in [-0.1, -0.05) is 0 Å². The molecule has 9 heteroatoms. The summed E-state index contributed by atoms with van der Waals surface area (Å²) in [6.45, 7) is 3.17. The summed E-state index contributed by atoms with van der Waals surface area (Å²) in [5.41, 5.74) is 1.35. The van der Waals surface area contributed by atoms with Gasteiger partial charge >= 0.3 is 0 Å². The van der Waals surface area contributed by atoms with Crippen LogP contribution in [-0.4, -0.2) is 52.6 Å². The van der Waals surface area contributed by atoms with Crippen molar-refractivity contribution in [2.75, 3.05) is 26.3 Å². The number of aryl methyl sites for hydroxylation is 1. The van der Waals surface area contributed by atoms with E-state index in [-0.39, 0.29) is 24.4 Å². The van der Waals surface area contributed by atoms with E-state index in [9.17, 15) is 13.6 Å². The number of amides is 1. The first-order valence-corrected chi connectivity index (χ1v) is 9.49. The van der Waals surface area contributed by atoms with Crippen LogP contribution in [0.4, 0.5) is 8.78 Å². The van der Waals surface area contributed by atoms with E-state index in [0.717, 1.165) is 28.0 Å². The Hall–Kier alpha value is -2.65.